The molecule has 0 saturated heterocycles. The third-order valence-electron chi connectivity index (χ3n) is 4.19. The Morgan fingerprint density at radius 1 is 1.37 bits per heavy atom. The van der Waals surface area contributed by atoms with Crippen LogP contribution in [0, 0.1) is 5.82 Å². The molecule has 1 aliphatic rings. The van der Waals surface area contributed by atoms with E-state index in [0.717, 1.165) is 5.56 Å². The number of carbonyl (C=O) groups excluding carboxylic acids is 2. The zero-order valence-electron chi connectivity index (χ0n) is 15.0. The highest BCUT2D eigenvalue weighted by Crippen LogP contribution is 2.36. The molecule has 0 bridgehead atoms. The molecule has 1 aromatic heterocycles. The van der Waals surface area contributed by atoms with Gasteiger partial charge in [0.25, 0.3) is 0 Å². The van der Waals surface area contributed by atoms with E-state index in [0.29, 0.717) is 23.5 Å². The lowest BCUT2D eigenvalue weighted by molar-refractivity contribution is -0.117. The number of aromatic nitrogens is 1. The Labute approximate surface area is 161 Å². The highest BCUT2D eigenvalue weighted by atomic mass is 35.5. The first-order valence-corrected chi connectivity index (χ1v) is 8.99. The van der Waals surface area contributed by atoms with Crippen molar-refractivity contribution in [2.75, 3.05) is 22.7 Å². The minimum atomic E-state index is -0.328. The van der Waals surface area contributed by atoms with Crippen LogP contribution in [0.15, 0.2) is 30.3 Å². The van der Waals surface area contributed by atoms with Crippen LogP contribution in [0.2, 0.25) is 0 Å². The van der Waals surface area contributed by atoms with Gasteiger partial charge in [0.2, 0.25) is 17.7 Å². The minimum Gasteiger partial charge on any atom is -0.474 e. The second-order valence-electron chi connectivity index (χ2n) is 6.36. The maximum Gasteiger partial charge on any atom is 0.242 e. The summed E-state index contributed by atoms with van der Waals surface area (Å²) in [6.45, 7) is 3.52. The van der Waals surface area contributed by atoms with E-state index in [-0.39, 0.29) is 42.0 Å². The third kappa shape index (κ3) is 4.19. The summed E-state index contributed by atoms with van der Waals surface area (Å²) in [5.41, 5.74) is 2.02. The summed E-state index contributed by atoms with van der Waals surface area (Å²) < 4.78 is 18.8. The Hall–Kier alpha value is -2.67. The van der Waals surface area contributed by atoms with Gasteiger partial charge in [0.05, 0.1) is 6.04 Å². The van der Waals surface area contributed by atoms with E-state index in [1.807, 2.05) is 6.92 Å². The van der Waals surface area contributed by atoms with Crippen LogP contribution in [0.3, 0.4) is 0 Å². The van der Waals surface area contributed by atoms with E-state index in [4.69, 9.17) is 16.3 Å². The largest absolute Gasteiger partial charge is 0.474 e. The van der Waals surface area contributed by atoms with Crippen LogP contribution in [0.1, 0.15) is 25.0 Å². The van der Waals surface area contributed by atoms with Crippen molar-refractivity contribution in [3.63, 3.8) is 0 Å². The lowest BCUT2D eigenvalue weighted by Gasteiger charge is -2.34. The van der Waals surface area contributed by atoms with Gasteiger partial charge >= 0.3 is 0 Å². The molecule has 27 heavy (non-hydrogen) atoms. The van der Waals surface area contributed by atoms with Crippen molar-refractivity contribution in [2.24, 2.45) is 0 Å². The molecule has 0 fully saturated rings. The number of nitrogens with one attached hydrogen (secondary N) is 1. The fourth-order valence-electron chi connectivity index (χ4n) is 2.99. The molecule has 1 atom stereocenters. The van der Waals surface area contributed by atoms with E-state index in [1.165, 1.54) is 19.1 Å². The summed E-state index contributed by atoms with van der Waals surface area (Å²) in [5, 5.41) is 2.69. The predicted octanol–water partition coefficient (Wildman–Crippen LogP) is 3.12. The van der Waals surface area contributed by atoms with Gasteiger partial charge in [-0.3, -0.25) is 9.59 Å². The van der Waals surface area contributed by atoms with Gasteiger partial charge in [-0.15, -0.1) is 11.6 Å². The summed E-state index contributed by atoms with van der Waals surface area (Å²) in [5.74, 6) is -0.414. The van der Waals surface area contributed by atoms with E-state index in [2.05, 4.69) is 10.3 Å². The summed E-state index contributed by atoms with van der Waals surface area (Å²) in [7, 11) is 0. The average molecular weight is 392 g/mol. The molecule has 3 rings (SSSR count). The number of fused-ring (bicyclic) bond motifs is 1. The normalized spacial score (nSPS) is 15.7. The van der Waals surface area contributed by atoms with Crippen LogP contribution < -0.4 is 15.0 Å². The molecule has 1 aliphatic heterocycles. The molecule has 6 nitrogen and oxygen atoms in total. The van der Waals surface area contributed by atoms with Gasteiger partial charge in [-0.2, -0.15) is 4.98 Å². The van der Waals surface area contributed by atoms with Crippen LogP contribution >= 0.6 is 11.6 Å². The van der Waals surface area contributed by atoms with Crippen LogP contribution in [-0.4, -0.2) is 35.3 Å². The fraction of sp³-hybridized carbons (Fsp3) is 0.316. The molecule has 142 valence electrons. The highest BCUT2D eigenvalue weighted by Gasteiger charge is 2.31. The van der Waals surface area contributed by atoms with Crippen molar-refractivity contribution < 1.29 is 18.7 Å². The molecule has 0 spiro atoms. The number of alkyl halides is 1. The quantitative estimate of drug-likeness (QED) is 0.813. The maximum atomic E-state index is 13.2. The van der Waals surface area contributed by atoms with Gasteiger partial charge in [0.1, 0.15) is 29.8 Å². The number of ether oxygens (including phenoxy) is 1. The molecule has 0 unspecified atom stereocenters. The second kappa shape index (κ2) is 7.92. The Balaban J connectivity index is 2.06. The molecule has 0 saturated carbocycles. The Kier molecular flexibility index (Phi) is 5.60. The van der Waals surface area contributed by atoms with Gasteiger partial charge in [0.15, 0.2) is 0 Å². The zero-order chi connectivity index (χ0) is 19.6. The van der Waals surface area contributed by atoms with Crippen LogP contribution in [0.5, 0.6) is 5.88 Å². The maximum absolute atomic E-state index is 13.2. The van der Waals surface area contributed by atoms with Crippen LogP contribution in [0.25, 0.3) is 0 Å². The number of hydrogen-bond acceptors (Lipinski definition) is 4. The van der Waals surface area contributed by atoms with Gasteiger partial charge in [-0.1, -0.05) is 12.1 Å². The molecule has 1 N–H and O–H groups in total. The predicted molar refractivity (Wildman–Crippen MR) is 101 cm³/mol. The minimum absolute atomic E-state index is 0.162. The number of hydrogen-bond donors (Lipinski definition) is 1. The molecule has 8 heteroatoms. The Morgan fingerprint density at radius 3 is 2.70 bits per heavy atom. The SMILES string of the molecule is CC(=O)Nc1nc2c(cc1Cc1ccc(F)cc1)N(C(=O)CCl)[C@@H](C)CO2. The summed E-state index contributed by atoms with van der Waals surface area (Å²) in [6.07, 6.45) is 0.396. The lowest BCUT2D eigenvalue weighted by atomic mass is 10.0. The van der Waals surface area contributed by atoms with Gasteiger partial charge in [-0.25, -0.2) is 4.39 Å². The van der Waals surface area contributed by atoms with Crippen molar-refractivity contribution in [1.82, 2.24) is 4.98 Å². The van der Waals surface area contributed by atoms with Crippen molar-refractivity contribution in [2.45, 2.75) is 26.3 Å². The standard InChI is InChI=1S/C19H19ClFN3O3/c1-11-10-27-19-16(24(11)17(26)9-20)8-14(18(23-19)22-12(2)25)7-13-3-5-15(21)6-4-13/h3-6,8,11H,7,9-10H2,1-2H3,(H,22,23,25)/t11-/m0/s1. The molecular formula is C19H19ClFN3O3. The summed E-state index contributed by atoms with van der Waals surface area (Å²) >= 11 is 5.76. The molecule has 1 aromatic carbocycles. The van der Waals surface area contributed by atoms with E-state index in [9.17, 15) is 14.0 Å². The van der Waals surface area contributed by atoms with Crippen LogP contribution in [0.4, 0.5) is 15.9 Å². The first kappa shape index (κ1) is 19.1. The molecule has 2 amide bonds. The Morgan fingerprint density at radius 2 is 2.07 bits per heavy atom. The topological polar surface area (TPSA) is 71.5 Å². The zero-order valence-corrected chi connectivity index (χ0v) is 15.7. The number of rotatable bonds is 4. The average Bonchev–Trinajstić information content (AvgIpc) is 2.63. The number of pyridine rings is 1. The van der Waals surface area contributed by atoms with Crippen molar-refractivity contribution in [1.29, 1.82) is 0 Å². The van der Waals surface area contributed by atoms with Crippen molar-refractivity contribution in [3.05, 3.63) is 47.3 Å². The molecule has 2 heterocycles. The van der Waals surface area contributed by atoms with E-state index in [1.54, 1.807) is 23.1 Å². The Bertz CT molecular complexity index is 873. The molecule has 0 radical (unpaired) electrons. The van der Waals surface area contributed by atoms with Gasteiger partial charge in [0, 0.05) is 18.9 Å². The summed E-state index contributed by atoms with van der Waals surface area (Å²) in [4.78, 5) is 29.9. The monoisotopic (exact) mass is 391 g/mol. The number of benzene rings is 1. The molecule has 2 aromatic rings. The van der Waals surface area contributed by atoms with Crippen molar-refractivity contribution >= 4 is 34.9 Å². The fourth-order valence-corrected chi connectivity index (χ4v) is 3.12. The number of carbonyl (C=O) groups is 2. The first-order chi connectivity index (χ1) is 12.9. The van der Waals surface area contributed by atoms with Gasteiger partial charge < -0.3 is 15.0 Å². The number of halogens is 2. The molecular weight excluding hydrogens is 373 g/mol. The summed E-state index contributed by atoms with van der Waals surface area (Å²) in [6, 6.07) is 7.62. The second-order valence-corrected chi connectivity index (χ2v) is 6.63. The van der Waals surface area contributed by atoms with Gasteiger partial charge in [-0.05, 0) is 30.7 Å². The molecule has 0 aliphatic carbocycles. The smallest absolute Gasteiger partial charge is 0.242 e. The first-order valence-electron chi connectivity index (χ1n) is 8.45. The van der Waals surface area contributed by atoms with Crippen molar-refractivity contribution in [3.8, 4) is 5.88 Å². The number of amides is 2. The number of anilines is 2. The number of nitrogens with zero attached hydrogens (tertiary/aromatic N) is 2. The lowest BCUT2D eigenvalue weighted by Crippen LogP contribution is -2.46. The van der Waals surface area contributed by atoms with E-state index >= 15 is 0 Å². The van der Waals surface area contributed by atoms with Crippen LogP contribution in [-0.2, 0) is 16.0 Å². The highest BCUT2D eigenvalue weighted by molar-refractivity contribution is 6.29. The van der Waals surface area contributed by atoms with E-state index < -0.39 is 0 Å². The third-order valence-corrected chi connectivity index (χ3v) is 4.42.